The van der Waals surface area contributed by atoms with Gasteiger partial charge in [0, 0.05) is 25.7 Å². The number of nitrogens with one attached hydrogen (secondary N) is 1. The van der Waals surface area contributed by atoms with Crippen LogP contribution in [0.3, 0.4) is 0 Å². The van der Waals surface area contributed by atoms with Gasteiger partial charge < -0.3 is 5.32 Å². The van der Waals surface area contributed by atoms with E-state index in [9.17, 15) is 4.79 Å². The van der Waals surface area contributed by atoms with Crippen molar-refractivity contribution < 1.29 is 4.79 Å². The van der Waals surface area contributed by atoms with Crippen molar-refractivity contribution in [1.29, 1.82) is 0 Å². The lowest BCUT2D eigenvalue weighted by molar-refractivity contribution is -0.121. The Morgan fingerprint density at radius 1 is 0.867 bits per heavy atom. The number of halogens is 1. The predicted octanol–water partition coefficient (Wildman–Crippen LogP) is 7.72. The molecule has 0 bridgehead atoms. The maximum Gasteiger partial charge on any atom is 0.221 e. The summed E-state index contributed by atoms with van der Waals surface area (Å²) in [6.07, 6.45) is 24.4. The lowest BCUT2D eigenvalue weighted by Crippen LogP contribution is -2.25. The molecule has 0 spiro atoms. The summed E-state index contributed by atoms with van der Waals surface area (Å²) in [7, 11) is 0. The average molecular weight is 485 g/mol. The van der Waals surface area contributed by atoms with Crippen LogP contribution in [-0.4, -0.2) is 22.2 Å². The van der Waals surface area contributed by atoms with Crippen LogP contribution in [0.15, 0.2) is 10.7 Å². The zero-order valence-corrected chi connectivity index (χ0v) is 21.3. The molecular formula is C25H46BrN3O. The maximum absolute atomic E-state index is 11.9. The Bertz CT molecular complexity index is 525. The number of unbranched alkanes of at least 4 members (excludes halogenated alkanes) is 15. The predicted molar refractivity (Wildman–Crippen MR) is 132 cm³/mol. The van der Waals surface area contributed by atoms with Crippen molar-refractivity contribution in [3.63, 3.8) is 0 Å². The normalized spacial score (nSPS) is 11.2. The second-order valence-corrected chi connectivity index (χ2v) is 9.58. The number of amides is 1. The van der Waals surface area contributed by atoms with Crippen LogP contribution < -0.4 is 5.32 Å². The second kappa shape index (κ2) is 18.9. The van der Waals surface area contributed by atoms with Gasteiger partial charge in [-0.05, 0) is 29.3 Å². The topological polar surface area (TPSA) is 46.9 Å². The number of carbonyl (C=O) groups excluding carboxylic acids is 1. The van der Waals surface area contributed by atoms with Gasteiger partial charge in [-0.2, -0.15) is 5.10 Å². The third-order valence-electron chi connectivity index (χ3n) is 5.81. The number of hydrogen-bond acceptors (Lipinski definition) is 2. The van der Waals surface area contributed by atoms with Crippen LogP contribution in [0.4, 0.5) is 0 Å². The van der Waals surface area contributed by atoms with Crippen LogP contribution in [0.2, 0.25) is 0 Å². The SMILES string of the molecule is CCCCCCCCCCCCCCCCCCNC(=O)CCn1cc(Br)c(C)n1. The molecule has 0 saturated heterocycles. The minimum absolute atomic E-state index is 0.125. The monoisotopic (exact) mass is 483 g/mol. The summed E-state index contributed by atoms with van der Waals surface area (Å²) in [6.45, 7) is 5.68. The van der Waals surface area contributed by atoms with Crippen molar-refractivity contribution in [2.45, 2.75) is 130 Å². The molecule has 5 heteroatoms. The molecule has 1 rings (SSSR count). The van der Waals surface area contributed by atoms with E-state index in [0.29, 0.717) is 13.0 Å². The van der Waals surface area contributed by atoms with Gasteiger partial charge in [0.1, 0.15) is 0 Å². The Kier molecular flexibility index (Phi) is 17.1. The van der Waals surface area contributed by atoms with E-state index < -0.39 is 0 Å². The van der Waals surface area contributed by atoms with Crippen molar-refractivity contribution in [2.75, 3.05) is 6.54 Å². The first kappa shape index (κ1) is 27.2. The summed E-state index contributed by atoms with van der Waals surface area (Å²) >= 11 is 3.45. The first-order chi connectivity index (χ1) is 14.6. The number of aromatic nitrogens is 2. The van der Waals surface area contributed by atoms with E-state index >= 15 is 0 Å². The van der Waals surface area contributed by atoms with Crippen LogP contribution >= 0.6 is 15.9 Å². The highest BCUT2D eigenvalue weighted by atomic mass is 79.9. The van der Waals surface area contributed by atoms with E-state index in [0.717, 1.165) is 23.1 Å². The standard InChI is InChI=1S/C25H46BrN3O/c1-3-4-5-6-7-8-9-10-11-12-13-14-15-16-17-18-20-27-25(30)19-21-29-22-24(26)23(2)28-29/h22H,3-21H2,1-2H3,(H,27,30). The molecule has 30 heavy (non-hydrogen) atoms. The van der Waals surface area contributed by atoms with Gasteiger partial charge in [-0.1, -0.05) is 103 Å². The number of aryl methyl sites for hydroxylation is 2. The third-order valence-corrected chi connectivity index (χ3v) is 6.59. The highest BCUT2D eigenvalue weighted by molar-refractivity contribution is 9.10. The van der Waals surface area contributed by atoms with E-state index in [2.05, 4.69) is 33.3 Å². The summed E-state index contributed by atoms with van der Waals surface area (Å²) in [5, 5.41) is 7.39. The van der Waals surface area contributed by atoms with Crippen LogP contribution in [0.5, 0.6) is 0 Å². The molecule has 0 aliphatic rings. The number of hydrogen-bond donors (Lipinski definition) is 1. The Morgan fingerprint density at radius 2 is 1.33 bits per heavy atom. The fourth-order valence-corrected chi connectivity index (χ4v) is 4.13. The highest BCUT2D eigenvalue weighted by Crippen LogP contribution is 2.14. The fraction of sp³-hybridized carbons (Fsp3) is 0.840. The Labute approximate surface area is 194 Å². The lowest BCUT2D eigenvalue weighted by atomic mass is 10.0. The van der Waals surface area contributed by atoms with Gasteiger partial charge in [-0.15, -0.1) is 0 Å². The fourth-order valence-electron chi connectivity index (χ4n) is 3.81. The average Bonchev–Trinajstić information content (AvgIpc) is 3.06. The molecule has 0 aliphatic carbocycles. The molecular weight excluding hydrogens is 438 g/mol. The molecule has 1 N–H and O–H groups in total. The summed E-state index contributed by atoms with van der Waals surface area (Å²) in [5.74, 6) is 0.125. The zero-order chi connectivity index (χ0) is 21.9. The number of nitrogens with zero attached hydrogens (tertiary/aromatic N) is 2. The van der Waals surface area contributed by atoms with Gasteiger partial charge in [0.2, 0.25) is 5.91 Å². The largest absolute Gasteiger partial charge is 0.356 e. The molecule has 1 aromatic heterocycles. The van der Waals surface area contributed by atoms with E-state index in [4.69, 9.17) is 0 Å². The molecule has 0 aliphatic heterocycles. The molecule has 0 radical (unpaired) electrons. The van der Waals surface area contributed by atoms with Gasteiger partial charge in [-0.25, -0.2) is 0 Å². The molecule has 0 fully saturated rings. The maximum atomic E-state index is 11.9. The van der Waals surface area contributed by atoms with Crippen molar-refractivity contribution in [3.05, 3.63) is 16.4 Å². The first-order valence-corrected chi connectivity index (χ1v) is 13.4. The van der Waals surface area contributed by atoms with Crippen LogP contribution in [0, 0.1) is 6.92 Å². The molecule has 1 heterocycles. The van der Waals surface area contributed by atoms with Crippen LogP contribution in [0.1, 0.15) is 122 Å². The van der Waals surface area contributed by atoms with Crippen molar-refractivity contribution >= 4 is 21.8 Å². The Morgan fingerprint density at radius 3 is 1.77 bits per heavy atom. The summed E-state index contributed by atoms with van der Waals surface area (Å²) < 4.78 is 2.82. The summed E-state index contributed by atoms with van der Waals surface area (Å²) in [6, 6.07) is 0. The summed E-state index contributed by atoms with van der Waals surface area (Å²) in [4.78, 5) is 11.9. The van der Waals surface area contributed by atoms with Gasteiger partial charge in [0.15, 0.2) is 0 Å². The Hall–Kier alpha value is -0.840. The van der Waals surface area contributed by atoms with Gasteiger partial charge in [0.25, 0.3) is 0 Å². The van der Waals surface area contributed by atoms with Crippen molar-refractivity contribution in [3.8, 4) is 0 Å². The zero-order valence-electron chi connectivity index (χ0n) is 19.7. The van der Waals surface area contributed by atoms with Crippen molar-refractivity contribution in [1.82, 2.24) is 15.1 Å². The smallest absolute Gasteiger partial charge is 0.221 e. The van der Waals surface area contributed by atoms with Gasteiger partial charge >= 0.3 is 0 Å². The number of carbonyl (C=O) groups is 1. The molecule has 1 aromatic rings. The van der Waals surface area contributed by atoms with Crippen LogP contribution in [0.25, 0.3) is 0 Å². The Balaban J connectivity index is 1.77. The van der Waals surface area contributed by atoms with Crippen LogP contribution in [-0.2, 0) is 11.3 Å². The molecule has 0 unspecified atom stereocenters. The van der Waals surface area contributed by atoms with Gasteiger partial charge in [-0.3, -0.25) is 9.48 Å². The minimum atomic E-state index is 0.125. The molecule has 1 amide bonds. The molecule has 0 atom stereocenters. The molecule has 4 nitrogen and oxygen atoms in total. The minimum Gasteiger partial charge on any atom is -0.356 e. The number of rotatable bonds is 20. The lowest BCUT2D eigenvalue weighted by Gasteiger charge is -2.06. The van der Waals surface area contributed by atoms with Gasteiger partial charge in [0.05, 0.1) is 10.2 Å². The highest BCUT2D eigenvalue weighted by Gasteiger charge is 2.04. The van der Waals surface area contributed by atoms with E-state index in [1.54, 1.807) is 0 Å². The van der Waals surface area contributed by atoms with E-state index in [-0.39, 0.29) is 5.91 Å². The molecule has 0 saturated carbocycles. The first-order valence-electron chi connectivity index (χ1n) is 12.6. The quantitative estimate of drug-likeness (QED) is 0.193. The summed E-state index contributed by atoms with van der Waals surface area (Å²) in [5.41, 5.74) is 0.962. The van der Waals surface area contributed by atoms with E-state index in [1.165, 1.54) is 96.3 Å². The van der Waals surface area contributed by atoms with Crippen molar-refractivity contribution in [2.24, 2.45) is 0 Å². The second-order valence-electron chi connectivity index (χ2n) is 8.73. The molecule has 174 valence electrons. The van der Waals surface area contributed by atoms with E-state index in [1.807, 2.05) is 17.8 Å². The third kappa shape index (κ3) is 15.0. The molecule has 0 aromatic carbocycles.